The lowest BCUT2D eigenvalue weighted by molar-refractivity contribution is 0.251. The monoisotopic (exact) mass is 399 g/mol. The second kappa shape index (κ2) is 9.16. The van der Waals surface area contributed by atoms with Gasteiger partial charge in [0, 0.05) is 23.6 Å². The Morgan fingerprint density at radius 3 is 2.65 bits per heavy atom. The van der Waals surface area contributed by atoms with Gasteiger partial charge in [-0.15, -0.1) is 0 Å². The van der Waals surface area contributed by atoms with Crippen LogP contribution in [-0.4, -0.2) is 22.4 Å². The molecule has 3 aromatic rings. The maximum absolute atomic E-state index is 12.1. The lowest BCUT2D eigenvalue weighted by atomic mass is 10.2. The van der Waals surface area contributed by atoms with E-state index < -0.39 is 5.76 Å². The van der Waals surface area contributed by atoms with Crippen molar-refractivity contribution < 1.29 is 17.7 Å². The highest BCUT2D eigenvalue weighted by Crippen LogP contribution is 2.21. The molecule has 0 aliphatic heterocycles. The average molecular weight is 400 g/mol. The zero-order valence-corrected chi connectivity index (χ0v) is 15.2. The zero-order valence-electron chi connectivity index (χ0n) is 13.6. The summed E-state index contributed by atoms with van der Waals surface area (Å²) >= 11 is 6.40. The molecule has 0 saturated heterocycles. The fourth-order valence-corrected chi connectivity index (χ4v) is 2.79. The molecule has 0 aliphatic carbocycles. The largest absolute Gasteiger partial charge is 0.464 e. The first-order valence-corrected chi connectivity index (χ1v) is 9.29. The third kappa shape index (κ3) is 5.55. The quantitative estimate of drug-likeness (QED) is 0.523. The van der Waals surface area contributed by atoms with Gasteiger partial charge in [-0.2, -0.15) is 13.8 Å². The van der Waals surface area contributed by atoms with Gasteiger partial charge in [0.25, 0.3) is 5.76 Å². The molecular weight excluding hydrogens is 384 g/mol. The van der Waals surface area contributed by atoms with Crippen molar-refractivity contribution in [2.24, 2.45) is 0 Å². The van der Waals surface area contributed by atoms with E-state index in [0.717, 1.165) is 5.56 Å². The van der Waals surface area contributed by atoms with Crippen molar-refractivity contribution in [1.82, 2.24) is 15.5 Å². The minimum absolute atomic E-state index is 0.160. The first-order chi connectivity index (χ1) is 12.6. The minimum Gasteiger partial charge on any atom is -0.464 e. The molecule has 9 heteroatoms. The topological polar surface area (TPSA) is 64.1 Å². The summed E-state index contributed by atoms with van der Waals surface area (Å²) in [5, 5.41) is 7.79. The van der Waals surface area contributed by atoms with E-state index in [9.17, 15) is 8.78 Å². The smallest absolute Gasteiger partial charge is 0.284 e. The Kier molecular flexibility index (Phi) is 6.65. The van der Waals surface area contributed by atoms with Gasteiger partial charge in [0.2, 0.25) is 11.7 Å². The third-order valence-corrected chi connectivity index (χ3v) is 4.41. The SMILES string of the molecule is FC(F)SCc1ccc(CNCCc2nc(-c3ccc(Cl)cc3)no2)o1. The van der Waals surface area contributed by atoms with Crippen LogP contribution in [0.2, 0.25) is 5.02 Å². The van der Waals surface area contributed by atoms with E-state index in [1.54, 1.807) is 24.3 Å². The van der Waals surface area contributed by atoms with E-state index in [0.29, 0.717) is 59.5 Å². The second-order valence-corrected chi connectivity index (χ2v) is 6.80. The van der Waals surface area contributed by atoms with Gasteiger partial charge in [-0.3, -0.25) is 0 Å². The summed E-state index contributed by atoms with van der Waals surface area (Å²) in [5.41, 5.74) is 0.835. The van der Waals surface area contributed by atoms with Crippen molar-refractivity contribution in [1.29, 1.82) is 0 Å². The van der Waals surface area contributed by atoms with E-state index in [-0.39, 0.29) is 5.75 Å². The molecule has 0 unspecified atom stereocenters. The van der Waals surface area contributed by atoms with Gasteiger partial charge >= 0.3 is 0 Å². The number of thioether (sulfide) groups is 1. The highest BCUT2D eigenvalue weighted by atomic mass is 35.5. The normalized spacial score (nSPS) is 11.4. The molecule has 0 amide bonds. The van der Waals surface area contributed by atoms with Crippen LogP contribution in [0.25, 0.3) is 11.4 Å². The average Bonchev–Trinajstić information content (AvgIpc) is 3.27. The van der Waals surface area contributed by atoms with Crippen molar-refractivity contribution in [3.05, 3.63) is 58.8 Å². The standard InChI is InChI=1S/C17H16ClF2N3O2S/c18-12-3-1-11(2-4-12)16-22-15(25-23-16)7-8-21-9-13-5-6-14(24-13)10-26-17(19)20/h1-6,17,21H,7-10H2. The van der Waals surface area contributed by atoms with Crippen LogP contribution in [0.15, 0.2) is 45.3 Å². The number of nitrogens with one attached hydrogen (secondary N) is 1. The minimum atomic E-state index is -2.39. The zero-order chi connectivity index (χ0) is 18.4. The predicted octanol–water partition coefficient (Wildman–Crippen LogP) is 4.77. The Labute approximate surface area is 158 Å². The molecule has 2 aromatic heterocycles. The molecule has 5 nitrogen and oxygen atoms in total. The summed E-state index contributed by atoms with van der Waals surface area (Å²) in [6, 6.07) is 10.7. The van der Waals surface area contributed by atoms with Crippen LogP contribution < -0.4 is 5.32 Å². The molecule has 0 fully saturated rings. The van der Waals surface area contributed by atoms with Crippen LogP contribution in [0.5, 0.6) is 0 Å². The van der Waals surface area contributed by atoms with Gasteiger partial charge in [0.1, 0.15) is 11.5 Å². The van der Waals surface area contributed by atoms with Crippen molar-refractivity contribution in [2.45, 2.75) is 24.5 Å². The predicted molar refractivity (Wildman–Crippen MR) is 96.2 cm³/mol. The van der Waals surface area contributed by atoms with Crippen LogP contribution in [-0.2, 0) is 18.7 Å². The highest BCUT2D eigenvalue weighted by Gasteiger charge is 2.09. The number of benzene rings is 1. The maximum atomic E-state index is 12.1. The summed E-state index contributed by atoms with van der Waals surface area (Å²) < 4.78 is 35.0. The van der Waals surface area contributed by atoms with Gasteiger partial charge in [0.05, 0.1) is 12.3 Å². The van der Waals surface area contributed by atoms with E-state index in [4.69, 9.17) is 20.5 Å². The molecule has 0 atom stereocenters. The molecule has 1 N–H and O–H groups in total. The number of alkyl halides is 2. The molecule has 0 spiro atoms. The van der Waals surface area contributed by atoms with Gasteiger partial charge in [-0.05, 0) is 36.4 Å². The van der Waals surface area contributed by atoms with Crippen molar-refractivity contribution in [3.8, 4) is 11.4 Å². The summed E-state index contributed by atoms with van der Waals surface area (Å²) in [6.45, 7) is 1.11. The molecular formula is C17H16ClF2N3O2S. The summed E-state index contributed by atoms with van der Waals surface area (Å²) in [5.74, 6) is 0.0418. The summed E-state index contributed by atoms with van der Waals surface area (Å²) in [7, 11) is 0. The van der Waals surface area contributed by atoms with E-state index in [1.165, 1.54) is 0 Å². The van der Waals surface area contributed by atoms with Crippen molar-refractivity contribution >= 4 is 23.4 Å². The third-order valence-electron chi connectivity index (χ3n) is 3.45. The summed E-state index contributed by atoms with van der Waals surface area (Å²) in [6.07, 6.45) is 0.565. The van der Waals surface area contributed by atoms with E-state index in [1.807, 2.05) is 12.1 Å². The van der Waals surface area contributed by atoms with Crippen LogP contribution in [0.3, 0.4) is 0 Å². The number of nitrogens with zero attached hydrogens (tertiary/aromatic N) is 2. The number of halogens is 3. The molecule has 0 aliphatic rings. The molecule has 3 rings (SSSR count). The Hall–Kier alpha value is -1.90. The fourth-order valence-electron chi connectivity index (χ4n) is 2.22. The number of furan rings is 1. The van der Waals surface area contributed by atoms with Gasteiger partial charge in [0.15, 0.2) is 0 Å². The fraction of sp³-hybridized carbons (Fsp3) is 0.294. The number of hydrogen-bond acceptors (Lipinski definition) is 6. The van der Waals surface area contributed by atoms with Gasteiger partial charge in [-0.25, -0.2) is 0 Å². The van der Waals surface area contributed by atoms with Crippen molar-refractivity contribution in [2.75, 3.05) is 6.54 Å². The molecule has 1 aromatic carbocycles. The maximum Gasteiger partial charge on any atom is 0.284 e. The Balaban J connectivity index is 1.42. The molecule has 2 heterocycles. The Morgan fingerprint density at radius 1 is 1.12 bits per heavy atom. The summed E-state index contributed by atoms with van der Waals surface area (Å²) in [4.78, 5) is 4.34. The molecule has 138 valence electrons. The van der Waals surface area contributed by atoms with Crippen LogP contribution in [0, 0.1) is 0 Å². The Bertz CT molecular complexity index is 824. The molecule has 26 heavy (non-hydrogen) atoms. The first kappa shape index (κ1) is 18.9. The Morgan fingerprint density at radius 2 is 1.88 bits per heavy atom. The van der Waals surface area contributed by atoms with E-state index >= 15 is 0 Å². The van der Waals surface area contributed by atoms with Crippen LogP contribution in [0.1, 0.15) is 17.4 Å². The van der Waals surface area contributed by atoms with Crippen LogP contribution in [0.4, 0.5) is 8.78 Å². The lowest BCUT2D eigenvalue weighted by Crippen LogP contribution is -2.16. The molecule has 0 radical (unpaired) electrons. The number of hydrogen-bond donors (Lipinski definition) is 1. The number of aromatic nitrogens is 2. The highest BCUT2D eigenvalue weighted by molar-refractivity contribution is 7.98. The van der Waals surface area contributed by atoms with Gasteiger partial charge in [-0.1, -0.05) is 28.5 Å². The second-order valence-electron chi connectivity index (χ2n) is 5.39. The first-order valence-electron chi connectivity index (χ1n) is 7.87. The van der Waals surface area contributed by atoms with Gasteiger partial charge < -0.3 is 14.3 Å². The van der Waals surface area contributed by atoms with Crippen molar-refractivity contribution in [3.63, 3.8) is 0 Å². The molecule has 0 saturated carbocycles. The van der Waals surface area contributed by atoms with E-state index in [2.05, 4.69) is 15.5 Å². The lowest BCUT2D eigenvalue weighted by Gasteiger charge is -2.00. The van der Waals surface area contributed by atoms with Crippen LogP contribution >= 0.6 is 23.4 Å². The number of rotatable bonds is 9. The molecule has 0 bridgehead atoms.